The molecule has 0 aliphatic carbocycles. The van der Waals surface area contributed by atoms with E-state index in [1.54, 1.807) is 0 Å². The van der Waals surface area contributed by atoms with E-state index in [4.69, 9.17) is 17.3 Å². The largest absolute Gasteiger partial charge is 0.381 e. The molecule has 3 aromatic heterocycles. The summed E-state index contributed by atoms with van der Waals surface area (Å²) in [7, 11) is 0. The monoisotopic (exact) mass is 501 g/mol. The van der Waals surface area contributed by atoms with Crippen LogP contribution in [0.15, 0.2) is 24.8 Å². The van der Waals surface area contributed by atoms with Crippen LogP contribution in [-0.2, 0) is 4.79 Å². The molecule has 3 aromatic rings. The highest BCUT2D eigenvalue weighted by molar-refractivity contribution is 6.34. The molecule has 0 aromatic carbocycles. The minimum absolute atomic E-state index is 0.0243. The van der Waals surface area contributed by atoms with Gasteiger partial charge in [-0.15, -0.1) is 5.10 Å². The predicted octanol–water partition coefficient (Wildman–Crippen LogP) is 1.40. The quantitative estimate of drug-likeness (QED) is 0.488. The topological polar surface area (TPSA) is 134 Å². The molecule has 5 rings (SSSR count). The van der Waals surface area contributed by atoms with Gasteiger partial charge in [0.05, 0.1) is 35.0 Å². The van der Waals surface area contributed by atoms with E-state index in [0.29, 0.717) is 42.3 Å². The average molecular weight is 502 g/mol. The Labute approximate surface area is 205 Å². The molecule has 4 N–H and O–H groups in total. The summed E-state index contributed by atoms with van der Waals surface area (Å²) in [6, 6.07) is 0. The van der Waals surface area contributed by atoms with E-state index in [-0.39, 0.29) is 28.9 Å². The van der Waals surface area contributed by atoms with Crippen LogP contribution in [0.25, 0.3) is 5.65 Å². The highest BCUT2D eigenvalue weighted by atomic mass is 35.5. The van der Waals surface area contributed by atoms with E-state index < -0.39 is 11.7 Å². The molecule has 11 nitrogen and oxygen atoms in total. The van der Waals surface area contributed by atoms with Crippen LogP contribution in [0.3, 0.4) is 0 Å². The van der Waals surface area contributed by atoms with Crippen molar-refractivity contribution in [3.63, 3.8) is 0 Å². The van der Waals surface area contributed by atoms with E-state index in [0.717, 1.165) is 43.1 Å². The zero-order chi connectivity index (χ0) is 24.5. The molecule has 184 valence electrons. The maximum atomic E-state index is 13.5. The Bertz CT molecular complexity index is 1270. The Balaban J connectivity index is 1.33. The first kappa shape index (κ1) is 23.2. The summed E-state index contributed by atoms with van der Waals surface area (Å²) in [5.74, 6) is -1.08. The number of carbonyl (C=O) groups excluding carboxylic acids is 2. The number of piperazine rings is 1. The Morgan fingerprint density at radius 1 is 1.14 bits per heavy atom. The van der Waals surface area contributed by atoms with Gasteiger partial charge >= 0.3 is 0 Å². The minimum atomic E-state index is -0.605. The number of rotatable bonds is 4. The summed E-state index contributed by atoms with van der Waals surface area (Å²) < 4.78 is 14.6. The average Bonchev–Trinajstić information content (AvgIpc) is 3.19. The molecule has 2 fully saturated rings. The lowest BCUT2D eigenvalue weighted by Gasteiger charge is -2.37. The first-order valence-electron chi connectivity index (χ1n) is 11.4. The van der Waals surface area contributed by atoms with E-state index >= 15 is 0 Å². The molecular formula is C22H25ClFN9O2. The number of hydrogen-bond acceptors (Lipinski definition) is 8. The first-order valence-corrected chi connectivity index (χ1v) is 11.8. The summed E-state index contributed by atoms with van der Waals surface area (Å²) in [5, 5.41) is 10.4. The Kier molecular flexibility index (Phi) is 6.39. The highest BCUT2D eigenvalue weighted by Crippen LogP contribution is 2.36. The molecule has 13 heteroatoms. The van der Waals surface area contributed by atoms with Crippen LogP contribution in [0, 0.1) is 11.7 Å². The number of nitrogen functional groups attached to an aromatic ring is 1. The van der Waals surface area contributed by atoms with E-state index in [9.17, 15) is 14.0 Å². The number of anilines is 3. The Morgan fingerprint density at radius 2 is 1.89 bits per heavy atom. The van der Waals surface area contributed by atoms with Gasteiger partial charge in [0.15, 0.2) is 17.3 Å². The van der Waals surface area contributed by atoms with Crippen LogP contribution in [-0.4, -0.2) is 75.6 Å². The molecule has 0 saturated carbocycles. The van der Waals surface area contributed by atoms with Crippen molar-refractivity contribution in [3.05, 3.63) is 41.2 Å². The summed E-state index contributed by atoms with van der Waals surface area (Å²) in [6.07, 6.45) is 6.47. The summed E-state index contributed by atoms with van der Waals surface area (Å²) in [4.78, 5) is 38.1. The number of hydrogen-bond donors (Lipinski definition) is 3. The molecule has 0 bridgehead atoms. The van der Waals surface area contributed by atoms with Crippen LogP contribution >= 0.6 is 11.6 Å². The maximum Gasteiger partial charge on any atom is 0.263 e. The van der Waals surface area contributed by atoms with E-state index in [1.165, 1.54) is 12.4 Å². The second-order valence-corrected chi connectivity index (χ2v) is 9.02. The number of fused-ring (bicyclic) bond motifs is 1. The van der Waals surface area contributed by atoms with Gasteiger partial charge in [-0.1, -0.05) is 11.6 Å². The summed E-state index contributed by atoms with van der Waals surface area (Å²) >= 11 is 6.50. The molecule has 2 aliphatic heterocycles. The number of nitrogens with two attached hydrogens (primary N) is 1. The van der Waals surface area contributed by atoms with E-state index in [2.05, 4.69) is 25.7 Å². The van der Waals surface area contributed by atoms with Gasteiger partial charge in [0.1, 0.15) is 5.56 Å². The number of halogens is 2. The fraction of sp³-hybridized carbons (Fsp3) is 0.409. The predicted molar refractivity (Wildman–Crippen MR) is 129 cm³/mol. The van der Waals surface area contributed by atoms with Gasteiger partial charge in [-0.2, -0.15) is 0 Å². The third-order valence-corrected chi connectivity index (χ3v) is 6.68. The number of aromatic nitrogens is 4. The number of carbonyl (C=O) groups is 2. The molecular weight excluding hydrogens is 477 g/mol. The number of amides is 2. The van der Waals surface area contributed by atoms with Gasteiger partial charge in [0.25, 0.3) is 5.91 Å². The molecule has 0 unspecified atom stereocenters. The van der Waals surface area contributed by atoms with Gasteiger partial charge in [0.2, 0.25) is 5.91 Å². The fourth-order valence-electron chi connectivity index (χ4n) is 4.67. The smallest absolute Gasteiger partial charge is 0.263 e. The second kappa shape index (κ2) is 9.62. The molecule has 35 heavy (non-hydrogen) atoms. The fourth-order valence-corrected chi connectivity index (χ4v) is 4.94. The van der Waals surface area contributed by atoms with Crippen molar-refractivity contribution in [3.8, 4) is 0 Å². The maximum absolute atomic E-state index is 13.5. The molecule has 0 atom stereocenters. The van der Waals surface area contributed by atoms with Crippen LogP contribution in [0.1, 0.15) is 23.2 Å². The van der Waals surface area contributed by atoms with Crippen LogP contribution in [0.5, 0.6) is 0 Å². The minimum Gasteiger partial charge on any atom is -0.381 e. The van der Waals surface area contributed by atoms with Crippen molar-refractivity contribution in [2.75, 3.05) is 55.2 Å². The zero-order valence-corrected chi connectivity index (χ0v) is 19.6. The number of nitrogens with one attached hydrogen (secondary N) is 2. The Hall–Kier alpha value is -3.51. The van der Waals surface area contributed by atoms with Crippen LogP contribution in [0.2, 0.25) is 5.02 Å². The third kappa shape index (κ3) is 4.58. The second-order valence-electron chi connectivity index (χ2n) is 8.61. The van der Waals surface area contributed by atoms with Crippen LogP contribution in [0.4, 0.5) is 21.6 Å². The van der Waals surface area contributed by atoms with Gasteiger partial charge in [-0.05, 0) is 12.8 Å². The normalized spacial score (nSPS) is 17.1. The molecule has 2 aliphatic rings. The number of nitrogens with zero attached hydrogens (tertiary/aromatic N) is 6. The number of pyridine rings is 1. The molecule has 2 saturated heterocycles. The van der Waals surface area contributed by atoms with E-state index in [1.807, 2.05) is 9.80 Å². The molecule has 2 amide bonds. The van der Waals surface area contributed by atoms with Crippen molar-refractivity contribution >= 4 is 46.3 Å². The van der Waals surface area contributed by atoms with Crippen molar-refractivity contribution in [2.24, 2.45) is 5.92 Å². The Morgan fingerprint density at radius 3 is 2.63 bits per heavy atom. The first-order chi connectivity index (χ1) is 16.9. The van der Waals surface area contributed by atoms with Crippen LogP contribution < -0.4 is 21.3 Å². The summed E-state index contributed by atoms with van der Waals surface area (Å²) in [6.45, 7) is 4.33. The van der Waals surface area contributed by atoms with Crippen molar-refractivity contribution in [2.45, 2.75) is 12.8 Å². The number of piperidine rings is 1. The van der Waals surface area contributed by atoms with Crippen molar-refractivity contribution in [1.82, 2.24) is 29.8 Å². The molecule has 0 radical (unpaired) electrons. The summed E-state index contributed by atoms with van der Waals surface area (Å²) in [5.41, 5.74) is 7.10. The lowest BCUT2D eigenvalue weighted by atomic mass is 9.94. The standard InChI is InChI=1S/C22H25ClFN9O2/c23-15-10-27-11-16(29-21(34)17-19(25)30-33-12-14(24)9-28-20(17)33)18(15)31-5-1-13(2-6-31)22(35)32-7-3-26-4-8-32/h9-13,26H,1-8H2,(H2,25,30)(H,29,34). The van der Waals surface area contributed by atoms with Gasteiger partial charge in [0, 0.05) is 51.4 Å². The van der Waals surface area contributed by atoms with Gasteiger partial charge in [-0.3, -0.25) is 14.6 Å². The lowest BCUT2D eigenvalue weighted by Crippen LogP contribution is -2.50. The third-order valence-electron chi connectivity index (χ3n) is 6.41. The highest BCUT2D eigenvalue weighted by Gasteiger charge is 2.31. The molecule has 0 spiro atoms. The van der Waals surface area contributed by atoms with Crippen molar-refractivity contribution in [1.29, 1.82) is 0 Å². The van der Waals surface area contributed by atoms with Crippen molar-refractivity contribution < 1.29 is 14.0 Å². The SMILES string of the molecule is Nc1nn2cc(F)cnc2c1C(=O)Nc1cncc(Cl)c1N1CCC(C(=O)N2CCNCC2)CC1. The molecule has 5 heterocycles. The van der Waals surface area contributed by atoms with Gasteiger partial charge < -0.3 is 26.2 Å². The van der Waals surface area contributed by atoms with Gasteiger partial charge in [-0.25, -0.2) is 13.9 Å². The lowest BCUT2D eigenvalue weighted by molar-refractivity contribution is -0.136. The zero-order valence-electron chi connectivity index (χ0n) is 18.9.